The van der Waals surface area contributed by atoms with Crippen LogP contribution in [-0.4, -0.2) is 19.9 Å². The molecule has 0 aliphatic heterocycles. The molecule has 0 N–H and O–H groups in total. The third-order valence-electron chi connectivity index (χ3n) is 9.92. The van der Waals surface area contributed by atoms with E-state index in [9.17, 15) is 0 Å². The van der Waals surface area contributed by atoms with Gasteiger partial charge in [-0.2, -0.15) is 0 Å². The van der Waals surface area contributed by atoms with Crippen molar-refractivity contribution >= 4 is 21.5 Å². The Labute approximate surface area is 306 Å². The van der Waals surface area contributed by atoms with E-state index in [0.29, 0.717) is 0 Å². The van der Waals surface area contributed by atoms with Crippen molar-refractivity contribution in [3.63, 3.8) is 0 Å². The fourth-order valence-electron chi connectivity index (χ4n) is 7.60. The van der Waals surface area contributed by atoms with Gasteiger partial charge in [0, 0.05) is 42.6 Å². The van der Waals surface area contributed by atoms with Crippen LogP contribution in [0, 0.1) is 12.1 Å². The van der Waals surface area contributed by atoms with Crippen LogP contribution in [0.25, 0.3) is 55.2 Å². The Morgan fingerprint density at radius 3 is 1.64 bits per heavy atom. The molecule has 0 unspecified atom stereocenters. The number of fused-ring (bicyclic) bond motifs is 5. The van der Waals surface area contributed by atoms with Gasteiger partial charge in [-0.15, -0.1) is 46.5 Å². The number of nitrogens with zero attached hydrogens (tertiary/aromatic N) is 4. The van der Waals surface area contributed by atoms with Gasteiger partial charge in [0.05, 0.1) is 0 Å². The third kappa shape index (κ3) is 4.93. The quantitative estimate of drug-likeness (QED) is 0.166. The summed E-state index contributed by atoms with van der Waals surface area (Å²) >= 11 is 0. The van der Waals surface area contributed by atoms with Gasteiger partial charge in [0.25, 0.3) is 0 Å². The van der Waals surface area contributed by atoms with Crippen molar-refractivity contribution in [3.8, 4) is 33.6 Å². The van der Waals surface area contributed by atoms with Crippen LogP contribution in [0.5, 0.6) is 0 Å². The molecule has 9 rings (SSSR count). The average Bonchev–Trinajstić information content (AvgIpc) is 3.45. The van der Waals surface area contributed by atoms with Crippen LogP contribution in [0.15, 0.2) is 140 Å². The largest absolute Gasteiger partial charge is 2.00 e. The maximum atomic E-state index is 4.94. The Morgan fingerprint density at radius 2 is 1.08 bits per heavy atom. The molecule has 0 spiro atoms. The molecule has 5 heteroatoms. The van der Waals surface area contributed by atoms with E-state index in [-0.39, 0.29) is 26.5 Å². The standard InChI is InChI=1S/C45H32N4.Pt/c1-44(2,3)31-15-21-49-43(26-31)39-25-33(23-30-28-47-20-17-35(30)39)45(40-12-6-4-10-36(40)37-11-5-7-13-41(37)45)32-22-29-27-46-19-16-34(29)38(24-32)42-14-8-9-18-48-42;/h4-23,26-28H,1-3H3;/q-2;+2. The van der Waals surface area contributed by atoms with Crippen LogP contribution in [-0.2, 0) is 31.9 Å². The molecule has 1 aliphatic rings. The summed E-state index contributed by atoms with van der Waals surface area (Å²) in [7, 11) is 0. The first-order valence-electron chi connectivity index (χ1n) is 16.6. The summed E-state index contributed by atoms with van der Waals surface area (Å²) in [6, 6.07) is 44.5. The van der Waals surface area contributed by atoms with Gasteiger partial charge in [-0.3, -0.25) is 9.97 Å². The zero-order valence-corrected chi connectivity index (χ0v) is 30.2. The zero-order valence-electron chi connectivity index (χ0n) is 27.9. The number of hydrogen-bond donors (Lipinski definition) is 0. The van der Waals surface area contributed by atoms with Crippen LogP contribution < -0.4 is 0 Å². The fourth-order valence-corrected chi connectivity index (χ4v) is 7.60. The van der Waals surface area contributed by atoms with E-state index in [0.717, 1.165) is 55.2 Å². The topological polar surface area (TPSA) is 51.6 Å². The molecule has 50 heavy (non-hydrogen) atoms. The molecule has 0 radical (unpaired) electrons. The number of pyridine rings is 4. The molecule has 4 aromatic carbocycles. The predicted octanol–water partition coefficient (Wildman–Crippen LogP) is 10.2. The Kier molecular flexibility index (Phi) is 7.81. The maximum Gasteiger partial charge on any atom is 2.00 e. The van der Waals surface area contributed by atoms with Gasteiger partial charge in [0.1, 0.15) is 0 Å². The molecule has 0 amide bonds. The van der Waals surface area contributed by atoms with E-state index in [4.69, 9.17) is 9.97 Å². The van der Waals surface area contributed by atoms with Gasteiger partial charge in [0.2, 0.25) is 0 Å². The predicted molar refractivity (Wildman–Crippen MR) is 197 cm³/mol. The molecular weight excluding hydrogens is 792 g/mol. The van der Waals surface area contributed by atoms with Crippen LogP contribution in [0.4, 0.5) is 0 Å². The smallest absolute Gasteiger partial charge is 0.305 e. The first-order valence-corrected chi connectivity index (χ1v) is 16.6. The van der Waals surface area contributed by atoms with Crippen molar-refractivity contribution in [2.24, 2.45) is 0 Å². The molecule has 0 bridgehead atoms. The number of rotatable bonds is 4. The summed E-state index contributed by atoms with van der Waals surface area (Å²) in [5.74, 6) is 0. The van der Waals surface area contributed by atoms with Crippen LogP contribution in [0.2, 0.25) is 0 Å². The van der Waals surface area contributed by atoms with Gasteiger partial charge >= 0.3 is 21.1 Å². The molecule has 242 valence electrons. The minimum absolute atomic E-state index is 0. The van der Waals surface area contributed by atoms with Gasteiger partial charge in [-0.1, -0.05) is 121 Å². The Morgan fingerprint density at radius 1 is 0.540 bits per heavy atom. The van der Waals surface area contributed by atoms with Crippen molar-refractivity contribution in [3.05, 3.63) is 180 Å². The summed E-state index contributed by atoms with van der Waals surface area (Å²) in [5.41, 5.74) is 10.9. The molecule has 4 aromatic heterocycles. The molecule has 4 heterocycles. The zero-order chi connectivity index (χ0) is 33.2. The molecular formula is C45H32N4Pt. The summed E-state index contributed by atoms with van der Waals surface area (Å²) in [5, 5.41) is 4.18. The van der Waals surface area contributed by atoms with Crippen molar-refractivity contribution in [2.45, 2.75) is 31.6 Å². The van der Waals surface area contributed by atoms with Crippen molar-refractivity contribution in [1.82, 2.24) is 19.9 Å². The fraction of sp³-hybridized carbons (Fsp3) is 0.111. The monoisotopic (exact) mass is 823 g/mol. The van der Waals surface area contributed by atoms with Gasteiger partial charge in [-0.05, 0) is 56.8 Å². The summed E-state index contributed by atoms with van der Waals surface area (Å²) < 4.78 is 0. The summed E-state index contributed by atoms with van der Waals surface area (Å²) in [6.45, 7) is 6.71. The molecule has 0 saturated heterocycles. The van der Waals surface area contributed by atoms with Crippen LogP contribution in [0.1, 0.15) is 48.6 Å². The molecule has 0 atom stereocenters. The van der Waals surface area contributed by atoms with E-state index < -0.39 is 5.41 Å². The van der Waals surface area contributed by atoms with E-state index in [1.54, 1.807) is 0 Å². The summed E-state index contributed by atoms with van der Waals surface area (Å²) in [6.07, 6.45) is 11.4. The molecule has 0 saturated carbocycles. The van der Waals surface area contributed by atoms with Crippen molar-refractivity contribution in [1.29, 1.82) is 0 Å². The van der Waals surface area contributed by atoms with Crippen LogP contribution in [0.3, 0.4) is 0 Å². The number of aromatic nitrogens is 4. The Balaban J connectivity index is 0.00000361. The number of benzene rings is 4. The van der Waals surface area contributed by atoms with Crippen LogP contribution >= 0.6 is 0 Å². The third-order valence-corrected chi connectivity index (χ3v) is 9.92. The SMILES string of the molecule is CC(C)(C)c1ccnc(-c2[c-]c(C3(c4[c-]c(-c5ccccn5)c5ccncc5c4)c4ccccc4-c4ccccc43)cc3cnccc23)c1.[Pt+2]. The van der Waals surface area contributed by atoms with E-state index >= 15 is 0 Å². The first kappa shape index (κ1) is 31.9. The normalized spacial score (nSPS) is 13.1. The molecule has 4 nitrogen and oxygen atoms in total. The minimum atomic E-state index is -0.763. The molecule has 0 fully saturated rings. The van der Waals surface area contributed by atoms with E-state index in [2.05, 4.69) is 134 Å². The van der Waals surface area contributed by atoms with E-state index in [1.165, 1.54) is 27.8 Å². The average molecular weight is 824 g/mol. The molecule has 1 aliphatic carbocycles. The Bertz CT molecular complexity index is 2510. The van der Waals surface area contributed by atoms with Crippen molar-refractivity contribution in [2.75, 3.05) is 0 Å². The van der Waals surface area contributed by atoms with E-state index in [1.807, 2.05) is 49.3 Å². The van der Waals surface area contributed by atoms with Crippen molar-refractivity contribution < 1.29 is 21.1 Å². The molecule has 8 aromatic rings. The summed E-state index contributed by atoms with van der Waals surface area (Å²) in [4.78, 5) is 18.9. The van der Waals surface area contributed by atoms with Gasteiger partial charge in [-0.25, -0.2) is 0 Å². The number of hydrogen-bond acceptors (Lipinski definition) is 4. The first-order chi connectivity index (χ1) is 23.9. The second-order valence-electron chi connectivity index (χ2n) is 13.8. The Hall–Kier alpha value is -5.31. The second-order valence-corrected chi connectivity index (χ2v) is 13.8. The van der Waals surface area contributed by atoms with Gasteiger partial charge < -0.3 is 9.97 Å². The van der Waals surface area contributed by atoms with Gasteiger partial charge in [0.15, 0.2) is 0 Å². The minimum Gasteiger partial charge on any atom is -0.305 e. The maximum absolute atomic E-state index is 4.94. The second kappa shape index (κ2) is 12.2.